The van der Waals surface area contributed by atoms with E-state index in [9.17, 15) is 9.59 Å². The molecule has 0 saturated carbocycles. The highest BCUT2D eigenvalue weighted by molar-refractivity contribution is 7.13. The van der Waals surface area contributed by atoms with Crippen molar-refractivity contribution in [1.29, 1.82) is 0 Å². The van der Waals surface area contributed by atoms with Crippen molar-refractivity contribution in [2.45, 2.75) is 13.5 Å². The molecule has 1 aromatic carbocycles. The quantitative estimate of drug-likeness (QED) is 0.330. The number of morpholine rings is 1. The number of pyridine rings is 1. The van der Waals surface area contributed by atoms with Gasteiger partial charge in [0.1, 0.15) is 10.7 Å². The van der Waals surface area contributed by atoms with Gasteiger partial charge in [-0.1, -0.05) is 41.7 Å². The van der Waals surface area contributed by atoms with Crippen molar-refractivity contribution in [2.24, 2.45) is 0 Å². The van der Waals surface area contributed by atoms with Crippen LogP contribution in [-0.2, 0) is 11.3 Å². The molecule has 1 saturated heterocycles. The maximum Gasteiger partial charge on any atom is 0.267 e. The predicted octanol–water partition coefficient (Wildman–Crippen LogP) is 5.55. The average molecular weight is 569 g/mol. The fourth-order valence-corrected chi connectivity index (χ4v) is 5.26. The predicted molar refractivity (Wildman–Crippen MR) is 146 cm³/mol. The topological polar surface area (TPSA) is 95.6 Å². The van der Waals surface area contributed by atoms with Crippen molar-refractivity contribution in [2.75, 3.05) is 48.4 Å². The number of benzene rings is 1. The number of carbonyl (C=O) groups excluding carboxylic acids is 2. The zero-order valence-electron chi connectivity index (χ0n) is 19.4. The lowest BCUT2D eigenvalue weighted by Gasteiger charge is -2.31. The smallest absolute Gasteiger partial charge is 0.267 e. The van der Waals surface area contributed by atoms with Gasteiger partial charge in [0.05, 0.1) is 40.2 Å². The third-order valence-electron chi connectivity index (χ3n) is 5.46. The molecule has 8 nitrogen and oxygen atoms in total. The summed E-state index contributed by atoms with van der Waals surface area (Å²) in [5.41, 5.74) is 1.98. The average Bonchev–Trinajstić information content (AvgIpc) is 3.25. The summed E-state index contributed by atoms with van der Waals surface area (Å²) in [6.45, 7) is 5.52. The number of rotatable bonds is 8. The van der Waals surface area contributed by atoms with Gasteiger partial charge in [-0.15, -0.1) is 11.3 Å². The number of amides is 2. The van der Waals surface area contributed by atoms with E-state index >= 15 is 0 Å². The number of aromatic nitrogens is 1. The minimum atomic E-state index is -0.484. The third-order valence-corrected chi connectivity index (χ3v) is 7.47. The minimum Gasteiger partial charge on any atom is -0.378 e. The highest BCUT2D eigenvalue weighted by atomic mass is 35.5. The molecule has 12 heteroatoms. The molecule has 2 aromatic heterocycles. The Morgan fingerprint density at radius 2 is 1.86 bits per heavy atom. The Bertz CT molecular complexity index is 1250. The van der Waals surface area contributed by atoms with E-state index in [1.807, 2.05) is 17.2 Å². The van der Waals surface area contributed by atoms with E-state index in [0.717, 1.165) is 12.1 Å². The highest BCUT2D eigenvalue weighted by Crippen LogP contribution is 2.36. The van der Waals surface area contributed by atoms with Gasteiger partial charge >= 0.3 is 0 Å². The van der Waals surface area contributed by atoms with Gasteiger partial charge < -0.3 is 25.6 Å². The molecule has 190 valence electrons. The molecule has 1 aliphatic rings. The molecule has 2 amide bonds. The molecular formula is C24H24Cl3N5O3S. The number of nitrogens with one attached hydrogen (secondary N) is 3. The standard InChI is InChI=1S/C24H24Cl3N5O3S/c1-2-28-11-14-13-36-22(20(14)27)24(34)31-21-17(23(33)30-19-4-3-15(25)12-29-19)9-16(26)10-18(21)32-5-7-35-8-6-32/h3-4,9-10,12-13,28H,2,5-8,11H2,1H3,(H,31,34)(H,29,30,33). The molecule has 0 radical (unpaired) electrons. The van der Waals surface area contributed by atoms with Crippen LogP contribution in [0.2, 0.25) is 15.1 Å². The lowest BCUT2D eigenvalue weighted by atomic mass is 10.1. The molecule has 0 atom stereocenters. The lowest BCUT2D eigenvalue weighted by molar-refractivity contribution is 0.102. The fourth-order valence-electron chi connectivity index (χ4n) is 3.67. The van der Waals surface area contributed by atoms with E-state index in [1.165, 1.54) is 23.6 Å². The number of thiophene rings is 1. The van der Waals surface area contributed by atoms with E-state index < -0.39 is 11.8 Å². The van der Waals surface area contributed by atoms with Crippen LogP contribution < -0.4 is 20.9 Å². The van der Waals surface area contributed by atoms with Crippen LogP contribution in [0.25, 0.3) is 0 Å². The second kappa shape index (κ2) is 12.2. The summed E-state index contributed by atoms with van der Waals surface area (Å²) >= 11 is 20.1. The number of nitrogens with zero attached hydrogens (tertiary/aromatic N) is 2. The molecular weight excluding hydrogens is 545 g/mol. The molecule has 1 fully saturated rings. The van der Waals surface area contributed by atoms with Crippen LogP contribution in [0.4, 0.5) is 17.2 Å². The SMILES string of the molecule is CCNCc1csc(C(=O)Nc2c(C(=O)Nc3ccc(Cl)cn3)cc(Cl)cc2N2CCOCC2)c1Cl. The molecule has 36 heavy (non-hydrogen) atoms. The molecule has 4 rings (SSSR count). The van der Waals surface area contributed by atoms with E-state index in [2.05, 4.69) is 20.9 Å². The first-order valence-corrected chi connectivity index (χ1v) is 13.3. The Morgan fingerprint density at radius 3 is 2.56 bits per heavy atom. The van der Waals surface area contributed by atoms with Crippen LogP contribution in [0.15, 0.2) is 35.8 Å². The number of hydrogen-bond acceptors (Lipinski definition) is 7. The fraction of sp³-hybridized carbons (Fsp3) is 0.292. The molecule has 3 N–H and O–H groups in total. The van der Waals surface area contributed by atoms with Crippen molar-refractivity contribution >= 4 is 75.1 Å². The summed E-state index contributed by atoms with van der Waals surface area (Å²) in [4.78, 5) is 33.2. The molecule has 0 spiro atoms. The molecule has 0 unspecified atom stereocenters. The van der Waals surface area contributed by atoms with Crippen molar-refractivity contribution in [3.63, 3.8) is 0 Å². The van der Waals surface area contributed by atoms with Gasteiger partial charge in [0.15, 0.2) is 0 Å². The number of carbonyl (C=O) groups is 2. The minimum absolute atomic E-state index is 0.189. The Hall–Kier alpha value is -2.40. The second-order valence-corrected chi connectivity index (χ2v) is 10.0. The van der Waals surface area contributed by atoms with Gasteiger partial charge in [-0.25, -0.2) is 4.98 Å². The first kappa shape index (κ1) is 26.7. The second-order valence-electron chi connectivity index (χ2n) is 7.90. The van der Waals surface area contributed by atoms with Gasteiger partial charge in [0.25, 0.3) is 11.8 Å². The summed E-state index contributed by atoms with van der Waals surface area (Å²) in [6.07, 6.45) is 1.43. The van der Waals surface area contributed by atoms with Gasteiger partial charge in [-0.05, 0) is 41.8 Å². The third kappa shape index (κ3) is 6.29. The largest absolute Gasteiger partial charge is 0.378 e. The number of ether oxygens (including phenoxy) is 1. The first-order valence-electron chi connectivity index (χ1n) is 11.2. The monoisotopic (exact) mass is 567 g/mol. The summed E-state index contributed by atoms with van der Waals surface area (Å²) in [6, 6.07) is 6.45. The van der Waals surface area contributed by atoms with Crippen LogP contribution >= 0.6 is 46.1 Å². The molecule has 3 aromatic rings. The van der Waals surface area contributed by atoms with Crippen LogP contribution in [0.5, 0.6) is 0 Å². The number of hydrogen-bond donors (Lipinski definition) is 3. The van der Waals surface area contributed by atoms with Crippen molar-refractivity contribution in [3.8, 4) is 0 Å². The highest BCUT2D eigenvalue weighted by Gasteiger charge is 2.25. The van der Waals surface area contributed by atoms with Crippen LogP contribution in [0.1, 0.15) is 32.5 Å². The number of anilines is 3. The summed E-state index contributed by atoms with van der Waals surface area (Å²) in [5, 5.41) is 11.9. The maximum absolute atomic E-state index is 13.4. The first-order chi connectivity index (χ1) is 17.4. The molecule has 0 aliphatic carbocycles. The van der Waals surface area contributed by atoms with Gasteiger partial charge in [0, 0.05) is 30.9 Å². The Morgan fingerprint density at radius 1 is 1.08 bits per heavy atom. The summed E-state index contributed by atoms with van der Waals surface area (Å²) in [5.74, 6) is -0.588. The molecule has 0 bridgehead atoms. The summed E-state index contributed by atoms with van der Waals surface area (Å²) < 4.78 is 5.48. The zero-order chi connectivity index (χ0) is 25.7. The van der Waals surface area contributed by atoms with E-state index in [-0.39, 0.29) is 5.56 Å². The van der Waals surface area contributed by atoms with Crippen molar-refractivity contribution in [1.82, 2.24) is 10.3 Å². The molecule has 3 heterocycles. The normalized spacial score (nSPS) is 13.5. The van der Waals surface area contributed by atoms with Gasteiger partial charge in [-0.3, -0.25) is 9.59 Å². The van der Waals surface area contributed by atoms with Crippen LogP contribution in [0, 0.1) is 0 Å². The van der Waals surface area contributed by atoms with Crippen molar-refractivity contribution < 1.29 is 14.3 Å². The van der Waals surface area contributed by atoms with E-state index in [0.29, 0.717) is 70.0 Å². The van der Waals surface area contributed by atoms with Crippen molar-refractivity contribution in [3.05, 3.63) is 66.9 Å². The Balaban J connectivity index is 1.70. The maximum atomic E-state index is 13.4. The number of halogens is 3. The van der Waals surface area contributed by atoms with E-state index in [4.69, 9.17) is 39.5 Å². The zero-order valence-corrected chi connectivity index (χ0v) is 22.5. The van der Waals surface area contributed by atoms with Gasteiger partial charge in [0.2, 0.25) is 0 Å². The Labute approximate surface area is 227 Å². The van der Waals surface area contributed by atoms with Crippen LogP contribution in [0.3, 0.4) is 0 Å². The van der Waals surface area contributed by atoms with Gasteiger partial charge in [-0.2, -0.15) is 0 Å². The van der Waals surface area contributed by atoms with E-state index in [1.54, 1.807) is 18.2 Å². The Kier molecular flexibility index (Phi) is 9.05. The lowest BCUT2D eigenvalue weighted by Crippen LogP contribution is -2.37. The summed E-state index contributed by atoms with van der Waals surface area (Å²) in [7, 11) is 0. The molecule has 1 aliphatic heterocycles. The van der Waals surface area contributed by atoms with Crippen LogP contribution in [-0.4, -0.2) is 49.6 Å².